The molecule has 0 saturated carbocycles. The second kappa shape index (κ2) is 5.30. The van der Waals surface area contributed by atoms with Gasteiger partial charge < -0.3 is 0 Å². The molecule has 0 radical (unpaired) electrons. The molecule has 0 amide bonds. The van der Waals surface area contributed by atoms with Crippen molar-refractivity contribution in [2.75, 3.05) is 0 Å². The largest absolute Gasteiger partial charge is 0.331 e. The number of ketones is 1. The number of nitro groups is 2. The predicted molar refractivity (Wildman–Crippen MR) is 79.5 cm³/mol. The van der Waals surface area contributed by atoms with Crippen LogP contribution in [0.25, 0.3) is 0 Å². The summed E-state index contributed by atoms with van der Waals surface area (Å²) in [5.41, 5.74) is 1.12. The van der Waals surface area contributed by atoms with Crippen LogP contribution in [0.2, 0.25) is 0 Å². The molecule has 0 aliphatic heterocycles. The normalized spacial score (nSPS) is 17.1. The Morgan fingerprint density at radius 3 is 2.55 bits per heavy atom. The molecule has 1 unspecified atom stereocenters. The van der Waals surface area contributed by atoms with Crippen LogP contribution >= 0.6 is 11.3 Å². The lowest BCUT2D eigenvalue weighted by Gasteiger charge is -2.21. The van der Waals surface area contributed by atoms with Gasteiger partial charge in [-0.1, -0.05) is 35.6 Å². The molecule has 0 spiro atoms. The quantitative estimate of drug-likeness (QED) is 0.636. The first-order chi connectivity index (χ1) is 10.5. The number of carbonyl (C=O) groups excluding carboxylic acids is 1. The van der Waals surface area contributed by atoms with Crippen molar-refractivity contribution in [3.8, 4) is 0 Å². The van der Waals surface area contributed by atoms with Gasteiger partial charge in [0.1, 0.15) is 6.07 Å². The summed E-state index contributed by atoms with van der Waals surface area (Å²) in [4.78, 5) is 33.4. The van der Waals surface area contributed by atoms with Gasteiger partial charge in [0.25, 0.3) is 5.69 Å². The van der Waals surface area contributed by atoms with Crippen LogP contribution in [0.4, 0.5) is 10.7 Å². The summed E-state index contributed by atoms with van der Waals surface area (Å²) in [6.07, 6.45) is 1.05. The molecule has 8 heteroatoms. The van der Waals surface area contributed by atoms with Crippen molar-refractivity contribution < 1.29 is 14.6 Å². The number of nitrogens with zero attached hydrogens (tertiary/aromatic N) is 2. The first kappa shape index (κ1) is 14.3. The summed E-state index contributed by atoms with van der Waals surface area (Å²) < 4.78 is 0. The van der Waals surface area contributed by atoms with E-state index in [-0.39, 0.29) is 21.3 Å². The Bertz CT molecular complexity index is 798. The zero-order valence-corrected chi connectivity index (χ0v) is 12.0. The van der Waals surface area contributed by atoms with E-state index in [4.69, 9.17) is 0 Å². The smallest absolute Gasteiger partial charge is 0.293 e. The lowest BCUT2D eigenvalue weighted by molar-refractivity contribution is -0.390. The minimum atomic E-state index is -0.686. The van der Waals surface area contributed by atoms with Crippen LogP contribution in [0.3, 0.4) is 0 Å². The number of rotatable bonds is 3. The van der Waals surface area contributed by atoms with Gasteiger partial charge in [0, 0.05) is 5.56 Å². The topological polar surface area (TPSA) is 103 Å². The molecule has 7 nitrogen and oxygen atoms in total. The third kappa shape index (κ3) is 2.27. The first-order valence-electron chi connectivity index (χ1n) is 6.53. The Balaban J connectivity index is 2.07. The molecule has 2 aromatic rings. The summed E-state index contributed by atoms with van der Waals surface area (Å²) in [5.74, 6) is -0.893. The van der Waals surface area contributed by atoms with Gasteiger partial charge in [-0.05, 0) is 18.4 Å². The second-order valence-electron chi connectivity index (χ2n) is 4.96. The second-order valence-corrected chi connectivity index (χ2v) is 6.02. The van der Waals surface area contributed by atoms with Crippen molar-refractivity contribution in [1.82, 2.24) is 0 Å². The molecule has 0 N–H and O–H groups in total. The van der Waals surface area contributed by atoms with Gasteiger partial charge in [0.05, 0.1) is 20.6 Å². The lowest BCUT2D eigenvalue weighted by atomic mass is 9.82. The predicted octanol–water partition coefficient (Wildman–Crippen LogP) is 3.48. The number of thiophene rings is 1. The van der Waals surface area contributed by atoms with E-state index in [9.17, 15) is 25.0 Å². The molecule has 112 valence electrons. The molecule has 1 aromatic carbocycles. The third-order valence-electron chi connectivity index (χ3n) is 3.72. The number of fused-ring (bicyclic) bond motifs is 1. The molecule has 0 fully saturated rings. The molecule has 1 heterocycles. The Morgan fingerprint density at radius 2 is 1.86 bits per heavy atom. The number of carbonyl (C=O) groups is 1. The van der Waals surface area contributed by atoms with E-state index in [1.54, 1.807) is 12.1 Å². The van der Waals surface area contributed by atoms with Gasteiger partial charge in [-0.2, -0.15) is 0 Å². The zero-order chi connectivity index (χ0) is 15.9. The van der Waals surface area contributed by atoms with E-state index in [1.165, 1.54) is 0 Å². The van der Waals surface area contributed by atoms with Gasteiger partial charge in [0.15, 0.2) is 5.78 Å². The molecule has 0 bridgehead atoms. The molecule has 0 saturated heterocycles. The SMILES string of the molecule is O=C1c2ccccc2CCC1c1sc([N+](=O)[O-])cc1[N+](=O)[O-]. The van der Waals surface area contributed by atoms with Crippen molar-refractivity contribution in [1.29, 1.82) is 0 Å². The zero-order valence-electron chi connectivity index (χ0n) is 11.2. The fourth-order valence-corrected chi connectivity index (χ4v) is 3.79. The monoisotopic (exact) mass is 318 g/mol. The third-order valence-corrected chi connectivity index (χ3v) is 4.91. The summed E-state index contributed by atoms with van der Waals surface area (Å²) in [6, 6.07) is 8.06. The van der Waals surface area contributed by atoms with E-state index in [1.807, 2.05) is 12.1 Å². The lowest BCUT2D eigenvalue weighted by Crippen LogP contribution is -2.20. The van der Waals surface area contributed by atoms with Crippen LogP contribution < -0.4 is 0 Å². The fraction of sp³-hybridized carbons (Fsp3) is 0.214. The van der Waals surface area contributed by atoms with Gasteiger partial charge in [0.2, 0.25) is 0 Å². The Labute approximate surface area is 128 Å². The minimum absolute atomic E-state index is 0.177. The highest BCUT2D eigenvalue weighted by Crippen LogP contribution is 2.44. The van der Waals surface area contributed by atoms with Crippen molar-refractivity contribution in [2.24, 2.45) is 0 Å². The number of benzene rings is 1. The molecule has 3 rings (SSSR count). The maximum Gasteiger partial charge on any atom is 0.331 e. The fourth-order valence-electron chi connectivity index (χ4n) is 2.71. The van der Waals surface area contributed by atoms with E-state index in [0.717, 1.165) is 23.0 Å². The van der Waals surface area contributed by atoms with Crippen molar-refractivity contribution in [3.63, 3.8) is 0 Å². The summed E-state index contributed by atoms with van der Waals surface area (Å²) in [7, 11) is 0. The first-order valence-corrected chi connectivity index (χ1v) is 7.35. The highest BCUT2D eigenvalue weighted by Gasteiger charge is 2.37. The van der Waals surface area contributed by atoms with Crippen LogP contribution in [0.1, 0.15) is 33.1 Å². The average molecular weight is 318 g/mol. The van der Waals surface area contributed by atoms with Crippen molar-refractivity contribution >= 4 is 27.8 Å². The van der Waals surface area contributed by atoms with Crippen LogP contribution in [0.5, 0.6) is 0 Å². The Hall–Kier alpha value is -2.61. The molecule has 1 aromatic heterocycles. The van der Waals surface area contributed by atoms with E-state index < -0.39 is 15.8 Å². The number of hydrogen-bond donors (Lipinski definition) is 0. The maximum atomic E-state index is 12.6. The van der Waals surface area contributed by atoms with Crippen LogP contribution in [0.15, 0.2) is 30.3 Å². The summed E-state index contributed by atoms with van der Waals surface area (Å²) >= 11 is 0.719. The molecule has 22 heavy (non-hydrogen) atoms. The molecule has 1 aliphatic carbocycles. The summed E-state index contributed by atoms with van der Waals surface area (Å²) in [5, 5.41) is 21.7. The Morgan fingerprint density at radius 1 is 1.14 bits per heavy atom. The van der Waals surface area contributed by atoms with Crippen LogP contribution in [0, 0.1) is 20.2 Å². The van der Waals surface area contributed by atoms with Crippen molar-refractivity contribution in [2.45, 2.75) is 18.8 Å². The van der Waals surface area contributed by atoms with E-state index >= 15 is 0 Å². The van der Waals surface area contributed by atoms with Crippen LogP contribution in [-0.2, 0) is 6.42 Å². The van der Waals surface area contributed by atoms with Gasteiger partial charge in [-0.25, -0.2) is 0 Å². The highest BCUT2D eigenvalue weighted by molar-refractivity contribution is 7.16. The number of Topliss-reactive ketones (excluding diaryl/α,β-unsaturated/α-hetero) is 1. The average Bonchev–Trinajstić information content (AvgIpc) is 2.93. The standard InChI is InChI=1S/C14H10N2O5S/c17-13-9-4-2-1-3-8(9)5-6-10(13)14-11(15(18)19)7-12(22-14)16(20)21/h1-4,7,10H,5-6H2. The van der Waals surface area contributed by atoms with Gasteiger partial charge in [-0.15, -0.1) is 0 Å². The highest BCUT2D eigenvalue weighted by atomic mass is 32.1. The number of hydrogen-bond acceptors (Lipinski definition) is 6. The van der Waals surface area contributed by atoms with E-state index in [0.29, 0.717) is 18.4 Å². The maximum absolute atomic E-state index is 12.6. The Kier molecular flexibility index (Phi) is 3.45. The van der Waals surface area contributed by atoms with E-state index in [2.05, 4.69) is 0 Å². The van der Waals surface area contributed by atoms with Crippen molar-refractivity contribution in [3.05, 3.63) is 66.6 Å². The van der Waals surface area contributed by atoms with Gasteiger partial charge in [-0.3, -0.25) is 25.0 Å². The molecule has 1 aliphatic rings. The van der Waals surface area contributed by atoms with Crippen LogP contribution in [-0.4, -0.2) is 15.6 Å². The molecular weight excluding hydrogens is 308 g/mol. The minimum Gasteiger partial charge on any atom is -0.293 e. The molecule has 1 atom stereocenters. The summed E-state index contributed by atoms with van der Waals surface area (Å²) in [6.45, 7) is 0. The van der Waals surface area contributed by atoms with Gasteiger partial charge >= 0.3 is 5.00 Å². The number of aryl methyl sites for hydroxylation is 1. The molecular formula is C14H10N2O5S.